The molecule has 0 aromatic carbocycles. The predicted octanol–water partition coefficient (Wildman–Crippen LogP) is 0.595. The fraction of sp³-hybridized carbons (Fsp3) is 1.00. The number of ether oxygens (including phenoxy) is 1. The first-order chi connectivity index (χ1) is 4.33. The summed E-state index contributed by atoms with van der Waals surface area (Å²) in [6.45, 7) is 3.72. The van der Waals surface area contributed by atoms with E-state index in [1.165, 1.54) is 0 Å². The van der Waals surface area contributed by atoms with Crippen LogP contribution in [0, 0.1) is 5.21 Å². The van der Waals surface area contributed by atoms with Gasteiger partial charge in [0.25, 0.3) is 0 Å². The van der Waals surface area contributed by atoms with Crippen LogP contribution in [0.3, 0.4) is 0 Å². The summed E-state index contributed by atoms with van der Waals surface area (Å²) < 4.78 is 5.26. The molecule has 3 heteroatoms. The SMILES string of the molecule is CCC1CN([O-])CCO1. The maximum atomic E-state index is 10.7. The van der Waals surface area contributed by atoms with Crippen molar-refractivity contribution in [1.29, 1.82) is 0 Å². The monoisotopic (exact) mass is 130 g/mol. The first kappa shape index (κ1) is 6.99. The van der Waals surface area contributed by atoms with Crippen molar-refractivity contribution in [3.05, 3.63) is 5.21 Å². The summed E-state index contributed by atoms with van der Waals surface area (Å²) in [5.74, 6) is 0. The lowest BCUT2D eigenvalue weighted by molar-refractivity contribution is -0.0136. The molecular formula is C6H12NO2-. The summed E-state index contributed by atoms with van der Waals surface area (Å²) in [5.41, 5.74) is 0. The standard InChI is InChI=1S/C6H12NO2/c1-2-6-5-7(8)3-4-9-6/h6H,2-5H2,1H3/q-1. The number of rotatable bonds is 1. The van der Waals surface area contributed by atoms with Gasteiger partial charge in [-0.05, 0) is 6.42 Å². The highest BCUT2D eigenvalue weighted by Gasteiger charge is 2.11. The van der Waals surface area contributed by atoms with Crippen molar-refractivity contribution in [2.24, 2.45) is 0 Å². The van der Waals surface area contributed by atoms with Gasteiger partial charge in [-0.25, -0.2) is 0 Å². The van der Waals surface area contributed by atoms with Gasteiger partial charge in [-0.2, -0.15) is 0 Å². The zero-order valence-electron chi connectivity index (χ0n) is 5.67. The van der Waals surface area contributed by atoms with Crippen LogP contribution in [0.4, 0.5) is 0 Å². The van der Waals surface area contributed by atoms with Gasteiger partial charge < -0.3 is 15.0 Å². The molecule has 3 nitrogen and oxygen atoms in total. The van der Waals surface area contributed by atoms with Crippen LogP contribution in [0.5, 0.6) is 0 Å². The average Bonchev–Trinajstić information content (AvgIpc) is 1.88. The molecule has 0 N–H and O–H groups in total. The second-order valence-electron chi connectivity index (χ2n) is 2.29. The smallest absolute Gasteiger partial charge is 0.0690 e. The third-order valence-corrected chi connectivity index (χ3v) is 1.56. The minimum absolute atomic E-state index is 0.177. The fourth-order valence-corrected chi connectivity index (χ4v) is 0.939. The van der Waals surface area contributed by atoms with Crippen LogP contribution in [0.15, 0.2) is 0 Å². The second-order valence-corrected chi connectivity index (χ2v) is 2.29. The third kappa shape index (κ3) is 1.93. The van der Waals surface area contributed by atoms with E-state index in [4.69, 9.17) is 4.74 Å². The quantitative estimate of drug-likeness (QED) is 0.521. The zero-order chi connectivity index (χ0) is 6.69. The molecule has 0 spiro atoms. The van der Waals surface area contributed by atoms with Gasteiger partial charge in [-0.1, -0.05) is 6.92 Å². The van der Waals surface area contributed by atoms with E-state index in [1.807, 2.05) is 6.92 Å². The second kappa shape index (κ2) is 3.15. The van der Waals surface area contributed by atoms with E-state index in [1.54, 1.807) is 0 Å². The van der Waals surface area contributed by atoms with Gasteiger partial charge in [-0.3, -0.25) is 0 Å². The summed E-state index contributed by atoms with van der Waals surface area (Å²) in [4.78, 5) is 0. The summed E-state index contributed by atoms with van der Waals surface area (Å²) in [5, 5.41) is 11.7. The van der Waals surface area contributed by atoms with Crippen LogP contribution in [0.1, 0.15) is 13.3 Å². The van der Waals surface area contributed by atoms with Crippen molar-refractivity contribution in [2.75, 3.05) is 19.7 Å². The normalized spacial score (nSPS) is 30.7. The van der Waals surface area contributed by atoms with Crippen molar-refractivity contribution in [3.63, 3.8) is 0 Å². The lowest BCUT2D eigenvalue weighted by Gasteiger charge is -2.36. The number of hydrogen-bond donors (Lipinski definition) is 0. The van der Waals surface area contributed by atoms with E-state index in [9.17, 15) is 5.21 Å². The molecule has 1 unspecified atom stereocenters. The molecule has 1 heterocycles. The van der Waals surface area contributed by atoms with Crippen LogP contribution in [0.2, 0.25) is 0 Å². The molecule has 1 atom stereocenters. The van der Waals surface area contributed by atoms with Gasteiger partial charge in [0, 0.05) is 13.1 Å². The highest BCUT2D eigenvalue weighted by atomic mass is 16.5. The van der Waals surface area contributed by atoms with Crippen molar-refractivity contribution < 1.29 is 4.74 Å². The van der Waals surface area contributed by atoms with Crippen LogP contribution in [-0.2, 0) is 4.74 Å². The summed E-state index contributed by atoms with van der Waals surface area (Å²) in [7, 11) is 0. The lowest BCUT2D eigenvalue weighted by atomic mass is 10.2. The number of nitrogens with zero attached hydrogens (tertiary/aromatic N) is 1. The van der Waals surface area contributed by atoms with E-state index in [0.29, 0.717) is 19.7 Å². The molecule has 9 heavy (non-hydrogen) atoms. The Morgan fingerprint density at radius 2 is 2.56 bits per heavy atom. The van der Waals surface area contributed by atoms with Gasteiger partial charge in [0.2, 0.25) is 0 Å². The van der Waals surface area contributed by atoms with Crippen molar-refractivity contribution >= 4 is 0 Å². The molecular weight excluding hydrogens is 118 g/mol. The van der Waals surface area contributed by atoms with Crippen molar-refractivity contribution in [2.45, 2.75) is 19.4 Å². The Morgan fingerprint density at radius 1 is 1.78 bits per heavy atom. The molecule has 1 fully saturated rings. The Hall–Kier alpha value is -0.120. The minimum atomic E-state index is 0.177. The fourth-order valence-electron chi connectivity index (χ4n) is 0.939. The molecule has 0 aromatic rings. The maximum absolute atomic E-state index is 10.7. The summed E-state index contributed by atoms with van der Waals surface area (Å²) in [6.07, 6.45) is 1.12. The first-order valence-corrected chi connectivity index (χ1v) is 3.36. The molecule has 0 aliphatic carbocycles. The van der Waals surface area contributed by atoms with E-state index in [2.05, 4.69) is 0 Å². The molecule has 54 valence electrons. The molecule has 0 amide bonds. The lowest BCUT2D eigenvalue weighted by Crippen LogP contribution is -2.38. The van der Waals surface area contributed by atoms with Gasteiger partial charge >= 0.3 is 0 Å². The summed E-state index contributed by atoms with van der Waals surface area (Å²) in [6, 6.07) is 0. The van der Waals surface area contributed by atoms with Gasteiger partial charge in [-0.15, -0.1) is 0 Å². The van der Waals surface area contributed by atoms with Gasteiger partial charge in [0.05, 0.1) is 12.7 Å². The predicted molar refractivity (Wildman–Crippen MR) is 35.0 cm³/mol. The minimum Gasteiger partial charge on any atom is -0.785 e. The van der Waals surface area contributed by atoms with E-state index >= 15 is 0 Å². The number of hydroxylamine groups is 2. The molecule has 0 aromatic heterocycles. The summed E-state index contributed by atoms with van der Waals surface area (Å²) >= 11 is 0. The highest BCUT2D eigenvalue weighted by molar-refractivity contribution is 4.69. The Balaban J connectivity index is 2.23. The average molecular weight is 130 g/mol. The molecule has 1 aliphatic heterocycles. The maximum Gasteiger partial charge on any atom is 0.0690 e. The largest absolute Gasteiger partial charge is 0.785 e. The molecule has 1 saturated heterocycles. The van der Waals surface area contributed by atoms with Crippen LogP contribution < -0.4 is 0 Å². The first-order valence-electron chi connectivity index (χ1n) is 3.36. The van der Waals surface area contributed by atoms with Crippen molar-refractivity contribution in [1.82, 2.24) is 5.06 Å². The zero-order valence-corrected chi connectivity index (χ0v) is 5.67. The van der Waals surface area contributed by atoms with Crippen LogP contribution in [-0.4, -0.2) is 30.9 Å². The number of morpholine rings is 1. The Kier molecular flexibility index (Phi) is 2.45. The van der Waals surface area contributed by atoms with Crippen molar-refractivity contribution in [3.8, 4) is 0 Å². The molecule has 1 aliphatic rings. The Bertz CT molecular complexity index is 87.1. The van der Waals surface area contributed by atoms with Crippen LogP contribution >= 0.6 is 0 Å². The van der Waals surface area contributed by atoms with Gasteiger partial charge in [0.1, 0.15) is 0 Å². The van der Waals surface area contributed by atoms with Crippen LogP contribution in [0.25, 0.3) is 0 Å². The van der Waals surface area contributed by atoms with E-state index < -0.39 is 0 Å². The Morgan fingerprint density at radius 3 is 3.00 bits per heavy atom. The van der Waals surface area contributed by atoms with E-state index in [0.717, 1.165) is 11.5 Å². The molecule has 1 rings (SSSR count). The topological polar surface area (TPSA) is 35.5 Å². The number of hydrogen-bond acceptors (Lipinski definition) is 3. The molecule has 0 saturated carbocycles. The molecule has 0 bridgehead atoms. The Labute approximate surface area is 55.2 Å². The highest BCUT2D eigenvalue weighted by Crippen LogP contribution is 2.05. The van der Waals surface area contributed by atoms with Gasteiger partial charge in [0.15, 0.2) is 0 Å². The third-order valence-electron chi connectivity index (χ3n) is 1.56. The molecule has 0 radical (unpaired) electrons. The van der Waals surface area contributed by atoms with E-state index in [-0.39, 0.29) is 6.10 Å².